The summed E-state index contributed by atoms with van der Waals surface area (Å²) in [4.78, 5) is 14.7. The third-order valence-corrected chi connectivity index (χ3v) is 4.29. The van der Waals surface area contributed by atoms with E-state index >= 15 is 0 Å². The van der Waals surface area contributed by atoms with Crippen LogP contribution in [0.4, 0.5) is 0 Å². The van der Waals surface area contributed by atoms with Gasteiger partial charge in [0.2, 0.25) is 0 Å². The van der Waals surface area contributed by atoms with Gasteiger partial charge in [-0.3, -0.25) is 0 Å². The van der Waals surface area contributed by atoms with Crippen molar-refractivity contribution >= 4 is 20.4 Å². The summed E-state index contributed by atoms with van der Waals surface area (Å²) in [6.45, 7) is 3.37. The molecular formula is C13H10N2O2Se. The molecule has 0 saturated carbocycles. The molecule has 90 valence electrons. The first-order valence-electron chi connectivity index (χ1n) is 5.26. The van der Waals surface area contributed by atoms with Crippen LogP contribution in [-0.4, -0.2) is 20.4 Å². The van der Waals surface area contributed by atoms with Crippen molar-refractivity contribution in [3.05, 3.63) is 40.0 Å². The maximum absolute atomic E-state index is 10.9. The number of carbonyl (C=O) groups excluding carboxylic acids is 1. The maximum atomic E-state index is 10.9. The predicted octanol–water partition coefficient (Wildman–Crippen LogP) is 1.63. The van der Waals surface area contributed by atoms with Crippen LogP contribution >= 0.6 is 0 Å². The van der Waals surface area contributed by atoms with E-state index in [0.717, 1.165) is 15.6 Å². The van der Waals surface area contributed by atoms with Crippen LogP contribution in [0, 0.1) is 18.3 Å². The van der Waals surface area contributed by atoms with Crippen molar-refractivity contribution in [2.24, 2.45) is 4.99 Å². The standard InChI is InChI=1S/C13H10N2O2Se/c1-8-3-5-10(6-4-8)12-11(7-14)17-13(18-12)15-9(2)16/h3-6H,1-2H3. The number of rotatable bonds is 1. The van der Waals surface area contributed by atoms with Gasteiger partial charge in [0.1, 0.15) is 0 Å². The molecule has 0 fully saturated rings. The number of hydrogen-bond acceptors (Lipinski definition) is 3. The summed E-state index contributed by atoms with van der Waals surface area (Å²) in [6, 6.07) is 9.87. The molecule has 4 nitrogen and oxygen atoms in total. The molecule has 0 saturated heterocycles. The first-order valence-corrected chi connectivity index (χ1v) is 6.98. The van der Waals surface area contributed by atoms with Gasteiger partial charge in [0, 0.05) is 0 Å². The van der Waals surface area contributed by atoms with Crippen LogP contribution in [-0.2, 0) is 4.79 Å². The normalized spacial score (nSPS) is 11.3. The predicted molar refractivity (Wildman–Crippen MR) is 66.8 cm³/mol. The van der Waals surface area contributed by atoms with Gasteiger partial charge in [0.25, 0.3) is 0 Å². The van der Waals surface area contributed by atoms with Gasteiger partial charge in [-0.2, -0.15) is 0 Å². The van der Waals surface area contributed by atoms with Gasteiger partial charge in [-0.15, -0.1) is 0 Å². The summed E-state index contributed by atoms with van der Waals surface area (Å²) in [6.07, 6.45) is 0. The van der Waals surface area contributed by atoms with Crippen LogP contribution in [0.2, 0.25) is 0 Å². The van der Waals surface area contributed by atoms with E-state index in [9.17, 15) is 4.79 Å². The molecular weight excluding hydrogens is 295 g/mol. The van der Waals surface area contributed by atoms with Crippen molar-refractivity contribution in [2.75, 3.05) is 0 Å². The van der Waals surface area contributed by atoms with Crippen molar-refractivity contribution in [3.63, 3.8) is 0 Å². The molecule has 2 aromatic rings. The molecule has 0 aliphatic rings. The number of carbonyl (C=O) groups is 1. The van der Waals surface area contributed by atoms with Gasteiger partial charge in [0.05, 0.1) is 0 Å². The molecule has 1 amide bonds. The summed E-state index contributed by atoms with van der Waals surface area (Å²) in [7, 11) is 0. The number of aryl methyl sites for hydroxylation is 1. The van der Waals surface area contributed by atoms with Crippen LogP contribution in [0.15, 0.2) is 33.7 Å². The molecule has 0 radical (unpaired) electrons. The number of nitriles is 1. The van der Waals surface area contributed by atoms with Gasteiger partial charge in [-0.1, -0.05) is 0 Å². The van der Waals surface area contributed by atoms with E-state index in [4.69, 9.17) is 9.68 Å². The van der Waals surface area contributed by atoms with Crippen molar-refractivity contribution < 1.29 is 9.21 Å². The fourth-order valence-electron chi connectivity index (χ4n) is 1.43. The number of nitrogens with zero attached hydrogens (tertiary/aromatic N) is 2. The van der Waals surface area contributed by atoms with Gasteiger partial charge in [-0.25, -0.2) is 0 Å². The second kappa shape index (κ2) is 5.17. The minimum absolute atomic E-state index is 0.230. The molecule has 0 aliphatic carbocycles. The Labute approximate surface area is 110 Å². The van der Waals surface area contributed by atoms with Crippen LogP contribution in [0.25, 0.3) is 10.0 Å². The van der Waals surface area contributed by atoms with Gasteiger partial charge >= 0.3 is 110 Å². The van der Waals surface area contributed by atoms with Gasteiger partial charge in [0.15, 0.2) is 0 Å². The Hall–Kier alpha value is -1.89. The third-order valence-electron chi connectivity index (χ3n) is 2.25. The average Bonchev–Trinajstić information content (AvgIpc) is 2.72. The van der Waals surface area contributed by atoms with Crippen LogP contribution in [0.5, 0.6) is 0 Å². The Morgan fingerprint density at radius 1 is 1.39 bits per heavy atom. The summed E-state index contributed by atoms with van der Waals surface area (Å²) in [5, 5.41) is 9.04. The van der Waals surface area contributed by atoms with Gasteiger partial charge < -0.3 is 0 Å². The third kappa shape index (κ3) is 2.67. The average molecular weight is 305 g/mol. The van der Waals surface area contributed by atoms with Crippen molar-refractivity contribution in [3.8, 4) is 16.1 Å². The van der Waals surface area contributed by atoms with Crippen LogP contribution in [0.3, 0.4) is 0 Å². The molecule has 1 aromatic heterocycles. The van der Waals surface area contributed by atoms with E-state index in [0.29, 0.717) is 4.43 Å². The Kier molecular flexibility index (Phi) is 3.61. The molecule has 2 rings (SSSR count). The second-order valence-corrected chi connectivity index (χ2v) is 5.75. The molecule has 1 heterocycles. The molecule has 0 spiro atoms. The molecule has 1 aromatic carbocycles. The minimum atomic E-state index is -0.311. The summed E-state index contributed by atoms with van der Waals surface area (Å²) >= 11 is -0.230. The molecule has 0 bridgehead atoms. The van der Waals surface area contributed by atoms with Gasteiger partial charge in [-0.05, 0) is 0 Å². The van der Waals surface area contributed by atoms with E-state index in [-0.39, 0.29) is 26.2 Å². The number of benzene rings is 1. The first kappa shape index (κ1) is 12.6. The molecule has 0 atom stereocenters. The number of amides is 1. The van der Waals surface area contributed by atoms with E-state index in [1.165, 1.54) is 6.92 Å². The molecule has 0 aliphatic heterocycles. The molecule has 5 heteroatoms. The van der Waals surface area contributed by atoms with Crippen LogP contribution in [0.1, 0.15) is 18.2 Å². The zero-order valence-corrected chi connectivity index (χ0v) is 11.6. The number of hydrogen-bond donors (Lipinski definition) is 0. The molecule has 0 N–H and O–H groups in total. The quantitative estimate of drug-likeness (QED) is 0.752. The summed E-state index contributed by atoms with van der Waals surface area (Å²) in [5.74, 6) is -0.0619. The van der Waals surface area contributed by atoms with E-state index in [1.807, 2.05) is 37.3 Å². The van der Waals surface area contributed by atoms with Crippen molar-refractivity contribution in [2.45, 2.75) is 13.8 Å². The van der Waals surface area contributed by atoms with Crippen LogP contribution < -0.4 is 4.43 Å². The Morgan fingerprint density at radius 3 is 2.61 bits per heavy atom. The topological polar surface area (TPSA) is 66.4 Å². The summed E-state index contributed by atoms with van der Waals surface area (Å²) < 4.78 is 6.48. The van der Waals surface area contributed by atoms with E-state index < -0.39 is 0 Å². The molecule has 0 unspecified atom stereocenters. The van der Waals surface area contributed by atoms with Crippen molar-refractivity contribution in [1.29, 1.82) is 5.26 Å². The fourth-order valence-corrected chi connectivity index (χ4v) is 3.34. The first-order chi connectivity index (χ1) is 8.60. The molecule has 18 heavy (non-hydrogen) atoms. The second-order valence-electron chi connectivity index (χ2n) is 3.74. The zero-order valence-electron chi connectivity index (χ0n) is 9.93. The SMILES string of the molecule is CC(=O)N=c1oc(C#N)c(-c2ccc(C)cc2)[se]1. The van der Waals surface area contributed by atoms with E-state index in [2.05, 4.69) is 4.99 Å². The monoisotopic (exact) mass is 306 g/mol. The Balaban J connectivity index is 2.58. The van der Waals surface area contributed by atoms with Crippen molar-refractivity contribution in [1.82, 2.24) is 0 Å². The Morgan fingerprint density at radius 2 is 2.06 bits per heavy atom. The fraction of sp³-hybridized carbons (Fsp3) is 0.154. The Bertz CT molecular complexity index is 687. The summed E-state index contributed by atoms with van der Waals surface area (Å²) in [5.41, 5.74) is 2.10. The van der Waals surface area contributed by atoms with E-state index in [1.54, 1.807) is 0 Å². The zero-order chi connectivity index (χ0) is 13.1.